The molecule has 0 saturated carbocycles. The van der Waals surface area contributed by atoms with E-state index in [2.05, 4.69) is 0 Å². The van der Waals surface area contributed by atoms with Crippen molar-refractivity contribution in [1.29, 1.82) is 0 Å². The fourth-order valence-corrected chi connectivity index (χ4v) is 1.83. The normalized spacial score (nSPS) is 11.3. The minimum Gasteiger partial charge on any atom is -0.0618 e. The molecule has 3 heteroatoms. The van der Waals surface area contributed by atoms with E-state index in [1.807, 2.05) is 60.7 Å². The molecular weight excluding hydrogens is 229 g/mol. The summed E-state index contributed by atoms with van der Waals surface area (Å²) in [6.45, 7) is 0. The van der Waals surface area contributed by atoms with E-state index in [-0.39, 0.29) is 3.52 Å². The molecule has 0 aromatic heterocycles. The highest BCUT2D eigenvalue weighted by Crippen LogP contribution is 2.39. The number of nitrogens with zero attached hydrogens (tertiary/aromatic N) is 1. The fourth-order valence-electron chi connectivity index (χ4n) is 1.38. The Kier molecular flexibility index (Phi) is 2.96. The summed E-state index contributed by atoms with van der Waals surface area (Å²) in [6.07, 6.45) is 0. The summed E-state index contributed by atoms with van der Waals surface area (Å²) in [4.78, 5) is 0. The maximum atomic E-state index is 6.29. The van der Waals surface area contributed by atoms with E-state index in [9.17, 15) is 0 Å². The SMILES string of the molecule is Cl[N+](Cl)(c1ccccc1)c1ccccc1. The number of hydrogen-bond acceptors (Lipinski definition) is 0. The number of hydrogen-bond donors (Lipinski definition) is 0. The Labute approximate surface area is 99.3 Å². The van der Waals surface area contributed by atoms with Crippen LogP contribution in [0.5, 0.6) is 0 Å². The predicted octanol–water partition coefficient (Wildman–Crippen LogP) is 4.63. The van der Waals surface area contributed by atoms with Crippen LogP contribution in [0.2, 0.25) is 0 Å². The Balaban J connectivity index is 2.44. The molecule has 0 unspecified atom stereocenters. The van der Waals surface area contributed by atoms with Gasteiger partial charge in [-0.3, -0.25) is 0 Å². The van der Waals surface area contributed by atoms with Crippen LogP contribution in [0, 0.1) is 0 Å². The zero-order valence-corrected chi connectivity index (χ0v) is 9.49. The molecule has 0 radical (unpaired) electrons. The van der Waals surface area contributed by atoms with Crippen molar-refractivity contribution in [3.8, 4) is 0 Å². The van der Waals surface area contributed by atoms with Gasteiger partial charge in [-0.1, -0.05) is 39.9 Å². The molecule has 76 valence electrons. The molecule has 0 saturated heterocycles. The highest BCUT2D eigenvalue weighted by molar-refractivity contribution is 6.46. The highest BCUT2D eigenvalue weighted by atomic mass is 35.5. The molecule has 0 aliphatic carbocycles. The largest absolute Gasteiger partial charge is 0.199 e. The number of quaternary nitrogens is 1. The summed E-state index contributed by atoms with van der Waals surface area (Å²) in [5, 5.41) is 0. The van der Waals surface area contributed by atoms with Crippen LogP contribution in [0.1, 0.15) is 0 Å². The van der Waals surface area contributed by atoms with Gasteiger partial charge in [0.15, 0.2) is 34.9 Å². The Morgan fingerprint density at radius 1 is 0.600 bits per heavy atom. The van der Waals surface area contributed by atoms with Gasteiger partial charge in [0.05, 0.1) is 0 Å². The first-order valence-corrected chi connectivity index (χ1v) is 5.28. The van der Waals surface area contributed by atoms with Crippen LogP contribution in [0.3, 0.4) is 0 Å². The monoisotopic (exact) mass is 238 g/mol. The third-order valence-corrected chi connectivity index (χ3v) is 2.94. The molecule has 1 nitrogen and oxygen atoms in total. The lowest BCUT2D eigenvalue weighted by Gasteiger charge is -2.17. The van der Waals surface area contributed by atoms with Crippen LogP contribution in [-0.2, 0) is 0 Å². The van der Waals surface area contributed by atoms with Crippen LogP contribution < -0.4 is 3.52 Å². The lowest BCUT2D eigenvalue weighted by molar-refractivity contribution is 0.928. The first-order valence-electron chi connectivity index (χ1n) is 4.61. The van der Waals surface area contributed by atoms with Crippen LogP contribution in [0.4, 0.5) is 11.4 Å². The second-order valence-corrected chi connectivity index (χ2v) is 4.37. The first kappa shape index (κ1) is 10.5. The molecule has 2 aromatic rings. The van der Waals surface area contributed by atoms with Gasteiger partial charge in [0, 0.05) is 24.3 Å². The van der Waals surface area contributed by atoms with Crippen molar-refractivity contribution in [2.24, 2.45) is 0 Å². The molecule has 0 N–H and O–H groups in total. The second-order valence-electron chi connectivity index (χ2n) is 3.18. The molecule has 0 aliphatic rings. The third-order valence-electron chi connectivity index (χ3n) is 2.16. The molecule has 0 atom stereocenters. The van der Waals surface area contributed by atoms with Crippen molar-refractivity contribution in [3.05, 3.63) is 60.7 Å². The van der Waals surface area contributed by atoms with E-state index in [1.54, 1.807) is 0 Å². The molecule has 0 bridgehead atoms. The van der Waals surface area contributed by atoms with Crippen LogP contribution in [-0.4, -0.2) is 0 Å². The Morgan fingerprint density at radius 3 is 1.27 bits per heavy atom. The Bertz CT molecular complexity index is 384. The quantitative estimate of drug-likeness (QED) is 0.670. The van der Waals surface area contributed by atoms with E-state index in [4.69, 9.17) is 23.6 Å². The number of rotatable bonds is 2. The minimum atomic E-state index is -0.276. The molecule has 0 amide bonds. The van der Waals surface area contributed by atoms with E-state index in [0.29, 0.717) is 0 Å². The summed E-state index contributed by atoms with van der Waals surface area (Å²) in [5.74, 6) is 0. The molecule has 0 fully saturated rings. The minimum absolute atomic E-state index is 0.276. The van der Waals surface area contributed by atoms with Gasteiger partial charge in [-0.25, -0.2) is 0 Å². The van der Waals surface area contributed by atoms with Crippen molar-refractivity contribution < 1.29 is 0 Å². The van der Waals surface area contributed by atoms with Crippen LogP contribution in [0.15, 0.2) is 60.7 Å². The topological polar surface area (TPSA) is 0 Å². The summed E-state index contributed by atoms with van der Waals surface area (Å²) in [7, 11) is 0. The van der Waals surface area contributed by atoms with Crippen molar-refractivity contribution in [2.75, 3.05) is 0 Å². The average Bonchev–Trinajstić information content (AvgIpc) is 2.31. The zero-order chi connectivity index (χ0) is 10.7. The molecule has 0 spiro atoms. The number of benzene rings is 2. The number of halogens is 2. The van der Waals surface area contributed by atoms with E-state index in [0.717, 1.165) is 11.4 Å². The van der Waals surface area contributed by atoms with Crippen molar-refractivity contribution in [1.82, 2.24) is 3.52 Å². The summed E-state index contributed by atoms with van der Waals surface area (Å²) >= 11 is 12.6. The fraction of sp³-hybridized carbons (Fsp3) is 0. The summed E-state index contributed by atoms with van der Waals surface area (Å²) in [6, 6.07) is 19.1. The third kappa shape index (κ3) is 2.15. The highest BCUT2D eigenvalue weighted by Gasteiger charge is 2.30. The summed E-state index contributed by atoms with van der Waals surface area (Å²) in [5.41, 5.74) is 1.65. The van der Waals surface area contributed by atoms with Gasteiger partial charge >= 0.3 is 0 Å². The van der Waals surface area contributed by atoms with E-state index < -0.39 is 0 Å². The van der Waals surface area contributed by atoms with Gasteiger partial charge in [0.25, 0.3) is 0 Å². The average molecular weight is 239 g/mol. The molecule has 0 heterocycles. The smallest absolute Gasteiger partial charge is 0.0618 e. The summed E-state index contributed by atoms with van der Waals surface area (Å²) < 4.78 is -0.276. The van der Waals surface area contributed by atoms with Crippen molar-refractivity contribution in [2.45, 2.75) is 0 Å². The van der Waals surface area contributed by atoms with E-state index >= 15 is 0 Å². The lowest BCUT2D eigenvalue weighted by Crippen LogP contribution is -2.19. The van der Waals surface area contributed by atoms with Gasteiger partial charge in [-0.2, -0.15) is 0 Å². The zero-order valence-electron chi connectivity index (χ0n) is 7.98. The maximum Gasteiger partial charge on any atom is 0.199 e. The molecule has 2 aromatic carbocycles. The van der Waals surface area contributed by atoms with E-state index in [1.165, 1.54) is 0 Å². The molecule has 2 rings (SSSR count). The standard InChI is InChI=1S/C12H10Cl2N/c13-15(14,11-7-3-1-4-8-11)12-9-5-2-6-10-12/h1-10H/q+1. The van der Waals surface area contributed by atoms with Crippen molar-refractivity contribution in [3.63, 3.8) is 0 Å². The van der Waals surface area contributed by atoms with Gasteiger partial charge in [0.2, 0.25) is 0 Å². The lowest BCUT2D eigenvalue weighted by atomic mass is 10.3. The Hall–Kier alpha value is -1.02. The van der Waals surface area contributed by atoms with Crippen molar-refractivity contribution >= 4 is 34.9 Å². The predicted molar refractivity (Wildman–Crippen MR) is 66.0 cm³/mol. The second kappa shape index (κ2) is 4.23. The van der Waals surface area contributed by atoms with Gasteiger partial charge in [-0.15, -0.1) is 0 Å². The molecule has 15 heavy (non-hydrogen) atoms. The van der Waals surface area contributed by atoms with Gasteiger partial charge in [0.1, 0.15) is 0 Å². The van der Waals surface area contributed by atoms with Crippen LogP contribution in [0.25, 0.3) is 0 Å². The van der Waals surface area contributed by atoms with Crippen LogP contribution >= 0.6 is 23.6 Å². The molecule has 0 aliphatic heterocycles. The number of para-hydroxylation sites is 2. The van der Waals surface area contributed by atoms with Gasteiger partial charge in [-0.05, 0) is 0 Å². The molecular formula is C12H10Cl2N+. The van der Waals surface area contributed by atoms with Gasteiger partial charge < -0.3 is 0 Å². The first-order chi connectivity index (χ1) is 7.21. The maximum absolute atomic E-state index is 6.29. The Morgan fingerprint density at radius 2 is 0.933 bits per heavy atom.